The number of carbonyl (C=O) groups excluding carboxylic acids is 1. The first-order chi connectivity index (χ1) is 13.6. The zero-order valence-corrected chi connectivity index (χ0v) is 16.7. The lowest BCUT2D eigenvalue weighted by Crippen LogP contribution is -2.45. The van der Waals surface area contributed by atoms with Gasteiger partial charge in [0.2, 0.25) is 5.91 Å². The van der Waals surface area contributed by atoms with E-state index < -0.39 is 26.1 Å². The second-order valence-electron chi connectivity index (χ2n) is 7.67. The predicted molar refractivity (Wildman–Crippen MR) is 99.4 cm³/mol. The van der Waals surface area contributed by atoms with Crippen LogP contribution in [0.3, 0.4) is 0 Å². The van der Waals surface area contributed by atoms with Gasteiger partial charge in [-0.25, -0.2) is 12.8 Å². The number of hydrogen-bond donors (Lipinski definition) is 1. The number of hydrogen-bond acceptors (Lipinski definition) is 4. The largest absolute Gasteiger partial charge is 0.501 e. The molecule has 1 heterocycles. The van der Waals surface area contributed by atoms with Gasteiger partial charge in [-0.2, -0.15) is 13.2 Å². The zero-order chi connectivity index (χ0) is 21.2. The van der Waals surface area contributed by atoms with Crippen LogP contribution in [-0.2, 0) is 14.6 Å². The van der Waals surface area contributed by atoms with E-state index in [0.29, 0.717) is 32.0 Å². The van der Waals surface area contributed by atoms with Gasteiger partial charge in [0.05, 0.1) is 5.69 Å². The van der Waals surface area contributed by atoms with Gasteiger partial charge >= 0.3 is 5.51 Å². The Labute approximate surface area is 167 Å². The molecule has 162 valence electrons. The number of sulfone groups is 1. The molecule has 0 aromatic heterocycles. The number of amides is 1. The van der Waals surface area contributed by atoms with Crippen LogP contribution in [0.1, 0.15) is 44.9 Å². The Morgan fingerprint density at radius 3 is 2.24 bits per heavy atom. The lowest BCUT2D eigenvalue weighted by Gasteiger charge is -2.36. The first kappa shape index (κ1) is 21.9. The molecule has 10 heteroatoms. The van der Waals surface area contributed by atoms with Crippen LogP contribution in [-0.4, -0.2) is 43.9 Å². The van der Waals surface area contributed by atoms with E-state index in [1.807, 2.05) is 0 Å². The number of rotatable bonds is 4. The van der Waals surface area contributed by atoms with Crippen LogP contribution in [0.2, 0.25) is 0 Å². The van der Waals surface area contributed by atoms with Crippen molar-refractivity contribution in [3.05, 3.63) is 24.0 Å². The summed E-state index contributed by atoms with van der Waals surface area (Å²) in [5.41, 5.74) is -5.80. The molecule has 2 fully saturated rings. The smallest absolute Gasteiger partial charge is 0.381 e. The van der Waals surface area contributed by atoms with Gasteiger partial charge < -0.3 is 10.2 Å². The fraction of sp³-hybridized carbons (Fsp3) is 0.632. The van der Waals surface area contributed by atoms with Crippen LogP contribution in [0.15, 0.2) is 23.1 Å². The topological polar surface area (TPSA) is 66.5 Å². The Balaban J connectivity index is 1.67. The van der Waals surface area contributed by atoms with Gasteiger partial charge in [-0.3, -0.25) is 4.79 Å². The first-order valence-electron chi connectivity index (χ1n) is 9.76. The fourth-order valence-corrected chi connectivity index (χ4v) is 4.97. The van der Waals surface area contributed by atoms with Crippen molar-refractivity contribution >= 4 is 21.4 Å². The van der Waals surface area contributed by atoms with Crippen molar-refractivity contribution in [3.63, 3.8) is 0 Å². The molecular weight excluding hydrogens is 412 g/mol. The maximum absolute atomic E-state index is 13.5. The molecule has 1 N–H and O–H groups in total. The highest BCUT2D eigenvalue weighted by molar-refractivity contribution is 7.92. The van der Waals surface area contributed by atoms with Gasteiger partial charge in [0.1, 0.15) is 10.7 Å². The second kappa shape index (κ2) is 8.49. The van der Waals surface area contributed by atoms with Crippen molar-refractivity contribution in [1.29, 1.82) is 0 Å². The summed E-state index contributed by atoms with van der Waals surface area (Å²) in [4.78, 5) is 13.3. The summed E-state index contributed by atoms with van der Waals surface area (Å²) in [7, 11) is -5.69. The quantitative estimate of drug-likeness (QED) is 0.722. The van der Waals surface area contributed by atoms with E-state index in [1.165, 1.54) is 0 Å². The molecule has 0 radical (unpaired) electrons. The highest BCUT2D eigenvalue weighted by Crippen LogP contribution is 2.35. The molecule has 5 nitrogen and oxygen atoms in total. The summed E-state index contributed by atoms with van der Waals surface area (Å²) in [5, 5.41) is 2.81. The molecule has 1 aliphatic carbocycles. The third kappa shape index (κ3) is 4.84. The van der Waals surface area contributed by atoms with Gasteiger partial charge in [-0.15, -0.1) is 0 Å². The maximum atomic E-state index is 13.5. The van der Waals surface area contributed by atoms with Crippen LogP contribution >= 0.6 is 0 Å². The number of nitrogens with zero attached hydrogens (tertiary/aromatic N) is 1. The Morgan fingerprint density at radius 2 is 1.66 bits per heavy atom. The standard InChI is InChI=1S/C19H24F4N2O3S/c20-14-6-7-16(17(12-14)29(27,28)19(21,22)23)24-15-8-10-25(11-9-15)18(26)13-4-2-1-3-5-13/h6-7,12-13,15,24H,1-5,8-11H2. The summed E-state index contributed by atoms with van der Waals surface area (Å²) < 4.78 is 75.9. The number of anilines is 1. The highest BCUT2D eigenvalue weighted by atomic mass is 32.2. The molecule has 0 spiro atoms. The predicted octanol–water partition coefficient (Wildman–Crippen LogP) is 4.10. The molecule has 3 rings (SSSR count). The molecule has 0 bridgehead atoms. The minimum atomic E-state index is -5.69. The lowest BCUT2D eigenvalue weighted by atomic mass is 9.87. The van der Waals surface area contributed by atoms with E-state index in [0.717, 1.165) is 44.2 Å². The Bertz CT molecular complexity index is 844. The van der Waals surface area contributed by atoms with Crippen molar-refractivity contribution in [1.82, 2.24) is 4.90 Å². The summed E-state index contributed by atoms with van der Waals surface area (Å²) in [5.74, 6) is -0.884. The molecule has 1 aliphatic heterocycles. The van der Waals surface area contributed by atoms with Crippen molar-refractivity contribution in [2.75, 3.05) is 18.4 Å². The minimum Gasteiger partial charge on any atom is -0.381 e. The van der Waals surface area contributed by atoms with Gasteiger partial charge in [-0.1, -0.05) is 19.3 Å². The summed E-state index contributed by atoms with van der Waals surface area (Å²) >= 11 is 0. The maximum Gasteiger partial charge on any atom is 0.501 e. The third-order valence-corrected chi connectivity index (χ3v) is 7.18. The number of piperidine rings is 1. The van der Waals surface area contributed by atoms with E-state index in [1.54, 1.807) is 4.90 Å². The van der Waals surface area contributed by atoms with E-state index in [4.69, 9.17) is 0 Å². The number of likely N-dealkylation sites (tertiary alicyclic amines) is 1. The SMILES string of the molecule is O=C(C1CCCCC1)N1CCC(Nc2ccc(F)cc2S(=O)(=O)C(F)(F)F)CC1. The average molecular weight is 436 g/mol. The minimum absolute atomic E-state index is 0.0499. The molecule has 1 aromatic rings. The molecule has 1 aromatic carbocycles. The van der Waals surface area contributed by atoms with E-state index >= 15 is 0 Å². The molecule has 2 aliphatic rings. The van der Waals surface area contributed by atoms with Crippen LogP contribution in [0.4, 0.5) is 23.2 Å². The number of benzene rings is 1. The lowest BCUT2D eigenvalue weighted by molar-refractivity contribution is -0.137. The molecular formula is C19H24F4N2O3S. The number of halogens is 4. The third-order valence-electron chi connectivity index (χ3n) is 5.66. The average Bonchev–Trinajstić information content (AvgIpc) is 2.69. The molecule has 0 atom stereocenters. The van der Waals surface area contributed by atoms with Crippen molar-refractivity contribution in [2.45, 2.75) is 61.4 Å². The molecule has 1 amide bonds. The Kier molecular flexibility index (Phi) is 6.40. The zero-order valence-electron chi connectivity index (χ0n) is 15.8. The summed E-state index contributed by atoms with van der Waals surface area (Å²) in [6.07, 6.45) is 5.99. The van der Waals surface area contributed by atoms with Crippen LogP contribution in [0, 0.1) is 11.7 Å². The van der Waals surface area contributed by atoms with Gasteiger partial charge in [-0.05, 0) is 43.9 Å². The van der Waals surface area contributed by atoms with E-state index in [2.05, 4.69) is 5.32 Å². The Morgan fingerprint density at radius 1 is 1.03 bits per heavy atom. The van der Waals surface area contributed by atoms with Gasteiger partial charge in [0.15, 0.2) is 0 Å². The fourth-order valence-electron chi connectivity index (χ4n) is 4.03. The van der Waals surface area contributed by atoms with Crippen LogP contribution < -0.4 is 5.32 Å². The number of nitrogens with one attached hydrogen (secondary N) is 1. The highest BCUT2D eigenvalue weighted by Gasteiger charge is 2.48. The van der Waals surface area contributed by atoms with E-state index in [-0.39, 0.29) is 23.6 Å². The van der Waals surface area contributed by atoms with E-state index in [9.17, 15) is 30.8 Å². The number of carbonyl (C=O) groups is 1. The van der Waals surface area contributed by atoms with Crippen molar-refractivity contribution < 1.29 is 30.8 Å². The Hall–Kier alpha value is -1.84. The number of alkyl halides is 3. The van der Waals surface area contributed by atoms with Crippen molar-refractivity contribution in [3.8, 4) is 0 Å². The summed E-state index contributed by atoms with van der Waals surface area (Å²) in [6.45, 7) is 0.908. The van der Waals surface area contributed by atoms with Crippen molar-refractivity contribution in [2.24, 2.45) is 5.92 Å². The van der Waals surface area contributed by atoms with Crippen LogP contribution in [0.25, 0.3) is 0 Å². The second-order valence-corrected chi connectivity index (χ2v) is 9.58. The van der Waals surface area contributed by atoms with Gasteiger partial charge in [0, 0.05) is 25.0 Å². The molecule has 1 saturated heterocycles. The normalized spacial score (nSPS) is 19.9. The first-order valence-corrected chi connectivity index (χ1v) is 11.2. The molecule has 0 unspecified atom stereocenters. The van der Waals surface area contributed by atoms with Crippen LogP contribution in [0.5, 0.6) is 0 Å². The van der Waals surface area contributed by atoms with Gasteiger partial charge in [0.25, 0.3) is 9.84 Å². The molecule has 1 saturated carbocycles. The monoisotopic (exact) mass is 436 g/mol. The summed E-state index contributed by atoms with van der Waals surface area (Å²) in [6, 6.07) is 2.00. The molecule has 29 heavy (non-hydrogen) atoms.